The molecular formula is C13H15ClN2O5S. The van der Waals surface area contributed by atoms with E-state index in [1.165, 1.54) is 17.0 Å². The summed E-state index contributed by atoms with van der Waals surface area (Å²) in [5.74, 6) is -0.506. The van der Waals surface area contributed by atoms with Gasteiger partial charge in [0.05, 0.1) is 26.5 Å². The minimum Gasteiger partial charge on any atom is -0.338 e. The Morgan fingerprint density at radius 3 is 2.68 bits per heavy atom. The molecule has 1 aromatic rings. The molecule has 1 aliphatic heterocycles. The van der Waals surface area contributed by atoms with Crippen molar-refractivity contribution in [1.82, 2.24) is 4.90 Å². The molecule has 7 nitrogen and oxygen atoms in total. The predicted molar refractivity (Wildman–Crippen MR) is 81.9 cm³/mol. The van der Waals surface area contributed by atoms with E-state index >= 15 is 0 Å². The second-order valence-corrected chi connectivity index (χ2v) is 8.13. The number of rotatable bonds is 2. The van der Waals surface area contributed by atoms with Gasteiger partial charge in [-0.25, -0.2) is 8.42 Å². The maximum Gasteiger partial charge on any atom is 0.270 e. The highest BCUT2D eigenvalue weighted by Gasteiger charge is 2.29. The van der Waals surface area contributed by atoms with Crippen molar-refractivity contribution in [2.24, 2.45) is 0 Å². The fourth-order valence-electron chi connectivity index (χ4n) is 2.23. The third-order valence-corrected chi connectivity index (χ3v) is 6.27. The summed E-state index contributed by atoms with van der Waals surface area (Å²) < 4.78 is 23.7. The minimum atomic E-state index is -3.19. The number of carbonyl (C=O) groups excluding carboxylic acids is 1. The van der Waals surface area contributed by atoms with Crippen LogP contribution in [0.5, 0.6) is 0 Å². The number of hydrogen-bond acceptors (Lipinski definition) is 5. The van der Waals surface area contributed by atoms with E-state index in [4.69, 9.17) is 11.6 Å². The van der Waals surface area contributed by atoms with Crippen LogP contribution in [0.2, 0.25) is 5.02 Å². The first-order chi connectivity index (χ1) is 10.2. The van der Waals surface area contributed by atoms with Crippen molar-refractivity contribution in [1.29, 1.82) is 0 Å². The lowest BCUT2D eigenvalue weighted by atomic mass is 10.1. The fourth-order valence-corrected chi connectivity index (χ4v) is 3.83. The number of nitro benzene ring substituents is 1. The van der Waals surface area contributed by atoms with E-state index in [9.17, 15) is 23.3 Å². The zero-order valence-electron chi connectivity index (χ0n) is 11.9. The number of nitrogens with zero attached hydrogens (tertiary/aromatic N) is 2. The number of hydrogen-bond donors (Lipinski definition) is 0. The first-order valence-corrected chi connectivity index (χ1v) is 8.76. The Morgan fingerprint density at radius 2 is 2.09 bits per heavy atom. The van der Waals surface area contributed by atoms with Gasteiger partial charge < -0.3 is 4.90 Å². The summed E-state index contributed by atoms with van der Waals surface area (Å²) in [6, 6.07) is 3.62. The van der Waals surface area contributed by atoms with Crippen molar-refractivity contribution >= 4 is 33.0 Å². The van der Waals surface area contributed by atoms with Gasteiger partial charge in [-0.05, 0) is 19.4 Å². The monoisotopic (exact) mass is 346 g/mol. The van der Waals surface area contributed by atoms with Crippen LogP contribution in [0, 0.1) is 10.1 Å². The number of nitro groups is 1. The second kappa shape index (κ2) is 6.21. The molecule has 120 valence electrons. The van der Waals surface area contributed by atoms with E-state index in [2.05, 4.69) is 0 Å². The highest BCUT2D eigenvalue weighted by molar-refractivity contribution is 7.92. The lowest BCUT2D eigenvalue weighted by molar-refractivity contribution is -0.384. The molecule has 0 radical (unpaired) electrons. The summed E-state index contributed by atoms with van der Waals surface area (Å²) in [6.45, 7) is 2.04. The summed E-state index contributed by atoms with van der Waals surface area (Å²) in [5.41, 5.74) is -0.0622. The van der Waals surface area contributed by atoms with E-state index in [1.807, 2.05) is 0 Å². The molecule has 0 spiro atoms. The van der Waals surface area contributed by atoms with Crippen molar-refractivity contribution in [3.05, 3.63) is 38.9 Å². The number of sulfone groups is 1. The molecule has 1 saturated heterocycles. The molecular weight excluding hydrogens is 332 g/mol. The molecule has 1 amide bonds. The highest BCUT2D eigenvalue weighted by atomic mass is 35.5. The molecule has 0 bridgehead atoms. The minimum absolute atomic E-state index is 0.0145. The maximum atomic E-state index is 12.4. The van der Waals surface area contributed by atoms with Gasteiger partial charge >= 0.3 is 0 Å². The van der Waals surface area contributed by atoms with E-state index in [0.29, 0.717) is 13.0 Å². The molecule has 9 heteroatoms. The molecule has 0 N–H and O–H groups in total. The van der Waals surface area contributed by atoms with E-state index < -0.39 is 25.9 Å². The summed E-state index contributed by atoms with van der Waals surface area (Å²) in [6.07, 6.45) is 0.360. The summed E-state index contributed by atoms with van der Waals surface area (Å²) >= 11 is 5.94. The summed E-state index contributed by atoms with van der Waals surface area (Å²) in [7, 11) is -3.19. The summed E-state index contributed by atoms with van der Waals surface area (Å²) in [5, 5.41) is 10.2. The van der Waals surface area contributed by atoms with Gasteiger partial charge in [-0.15, -0.1) is 0 Å². The van der Waals surface area contributed by atoms with Crippen LogP contribution < -0.4 is 0 Å². The number of carbonyl (C=O) groups is 1. The van der Waals surface area contributed by atoms with Gasteiger partial charge in [-0.2, -0.15) is 0 Å². The van der Waals surface area contributed by atoms with Gasteiger partial charge in [-0.1, -0.05) is 11.6 Å². The molecule has 2 rings (SSSR count). The Hall–Kier alpha value is -1.67. The molecule has 1 aliphatic rings. The smallest absolute Gasteiger partial charge is 0.270 e. The lowest BCUT2D eigenvalue weighted by Crippen LogP contribution is -2.33. The van der Waals surface area contributed by atoms with Gasteiger partial charge in [0.25, 0.3) is 11.6 Å². The third kappa shape index (κ3) is 3.38. The van der Waals surface area contributed by atoms with E-state index in [1.54, 1.807) is 6.92 Å². The zero-order valence-corrected chi connectivity index (χ0v) is 13.4. The van der Waals surface area contributed by atoms with Crippen LogP contribution in [0.15, 0.2) is 18.2 Å². The third-order valence-electron chi connectivity index (χ3n) is 3.75. The Bertz CT molecular complexity index is 719. The predicted octanol–water partition coefficient (Wildman–Crippen LogP) is 1.90. The van der Waals surface area contributed by atoms with Crippen LogP contribution in [0.4, 0.5) is 5.69 Å². The molecule has 1 atom stereocenters. The van der Waals surface area contributed by atoms with Crippen molar-refractivity contribution < 1.29 is 18.1 Å². The van der Waals surface area contributed by atoms with E-state index in [-0.39, 0.29) is 28.6 Å². The largest absolute Gasteiger partial charge is 0.338 e. The molecule has 0 unspecified atom stereocenters. The Morgan fingerprint density at radius 1 is 1.41 bits per heavy atom. The van der Waals surface area contributed by atoms with Crippen LogP contribution in [0.3, 0.4) is 0 Å². The topological polar surface area (TPSA) is 97.6 Å². The average Bonchev–Trinajstić information content (AvgIpc) is 2.58. The van der Waals surface area contributed by atoms with Crippen molar-refractivity contribution in [2.45, 2.75) is 18.6 Å². The first kappa shape index (κ1) is 16.7. The van der Waals surface area contributed by atoms with Crippen LogP contribution in [-0.2, 0) is 9.84 Å². The zero-order chi connectivity index (χ0) is 16.5. The molecule has 1 heterocycles. The second-order valence-electron chi connectivity index (χ2n) is 5.18. The van der Waals surface area contributed by atoms with E-state index in [0.717, 1.165) is 6.07 Å². The summed E-state index contributed by atoms with van der Waals surface area (Å²) in [4.78, 5) is 24.0. The Labute approximate surface area is 132 Å². The van der Waals surface area contributed by atoms with Crippen LogP contribution in [-0.4, -0.2) is 48.2 Å². The number of halogens is 1. The molecule has 22 heavy (non-hydrogen) atoms. The van der Waals surface area contributed by atoms with Crippen molar-refractivity contribution in [2.75, 3.05) is 18.8 Å². The number of non-ortho nitro benzene ring substituents is 1. The van der Waals surface area contributed by atoms with Crippen LogP contribution >= 0.6 is 11.6 Å². The highest BCUT2D eigenvalue weighted by Crippen LogP contribution is 2.24. The SMILES string of the molecule is C[C@@H]1CCN(C(=O)c2ccc([N+](=O)[O-])cc2Cl)CCS1(=O)=O. The van der Waals surface area contributed by atoms with Crippen LogP contribution in [0.1, 0.15) is 23.7 Å². The van der Waals surface area contributed by atoms with Gasteiger partial charge in [0, 0.05) is 25.2 Å². The lowest BCUT2D eigenvalue weighted by Gasteiger charge is -2.20. The van der Waals surface area contributed by atoms with Gasteiger partial charge in [0.15, 0.2) is 9.84 Å². The van der Waals surface area contributed by atoms with Gasteiger partial charge in [0.1, 0.15) is 0 Å². The van der Waals surface area contributed by atoms with Crippen LogP contribution in [0.25, 0.3) is 0 Å². The number of amides is 1. The molecule has 1 aromatic carbocycles. The van der Waals surface area contributed by atoms with Gasteiger partial charge in [0.2, 0.25) is 0 Å². The molecule has 0 aliphatic carbocycles. The fraction of sp³-hybridized carbons (Fsp3) is 0.462. The molecule has 0 saturated carbocycles. The molecule has 0 aromatic heterocycles. The quantitative estimate of drug-likeness (QED) is 0.601. The van der Waals surface area contributed by atoms with Crippen molar-refractivity contribution in [3.8, 4) is 0 Å². The Balaban J connectivity index is 2.23. The number of benzene rings is 1. The maximum absolute atomic E-state index is 12.4. The van der Waals surface area contributed by atoms with Crippen molar-refractivity contribution in [3.63, 3.8) is 0 Å². The normalized spacial score (nSPS) is 21.2. The standard InChI is InChI=1S/C13H15ClN2O5S/c1-9-4-5-15(6-7-22(9,20)21)13(17)11-3-2-10(16(18)19)8-12(11)14/h2-3,8-9H,4-7H2,1H3/t9-/m1/s1. The first-order valence-electron chi connectivity index (χ1n) is 6.67. The van der Waals surface area contributed by atoms with Gasteiger partial charge in [-0.3, -0.25) is 14.9 Å². The molecule has 1 fully saturated rings. The average molecular weight is 347 g/mol. The Kier molecular flexibility index (Phi) is 4.72.